The molecular weight excluding hydrogens is 1210 g/mol. The summed E-state index contributed by atoms with van der Waals surface area (Å²) in [4.78, 5) is 0. The number of fused-ring (bicyclic) bond motifs is 12. The molecule has 20 aromatic rings. The molecule has 0 aliphatic heterocycles. The van der Waals surface area contributed by atoms with Crippen LogP contribution < -0.4 is 0 Å². The van der Waals surface area contributed by atoms with Crippen LogP contribution in [-0.2, 0) is 0 Å². The summed E-state index contributed by atoms with van der Waals surface area (Å²) in [5.41, 5.74) is -1.50. The van der Waals surface area contributed by atoms with Crippen LogP contribution in [0.25, 0.3) is 177 Å². The van der Waals surface area contributed by atoms with Gasteiger partial charge < -0.3 is 18.3 Å². The second-order valence-electron chi connectivity index (χ2n) is 22.8. The molecule has 0 N–H and O–H groups in total. The van der Waals surface area contributed by atoms with Crippen molar-refractivity contribution < 1.29 is 57.6 Å². The van der Waals surface area contributed by atoms with Crippen molar-refractivity contribution in [1.29, 1.82) is 0 Å². The molecule has 0 saturated carbocycles. The average molecular weight is 1320 g/mol. The molecule has 4 heteroatoms. The van der Waals surface area contributed by atoms with Gasteiger partial charge in [-0.15, -0.1) is 0 Å². The molecule has 4 nitrogen and oxygen atoms in total. The fourth-order valence-corrected chi connectivity index (χ4v) is 13.4. The minimum Gasteiger partial charge on any atom is -0.309 e. The maximum absolute atomic E-state index is 9.28. The second-order valence-corrected chi connectivity index (χ2v) is 22.8. The molecule has 468 valence electrons. The van der Waals surface area contributed by atoms with Crippen molar-refractivity contribution in [3.05, 3.63) is 387 Å². The number of hydrogen-bond acceptors (Lipinski definition) is 0. The van der Waals surface area contributed by atoms with E-state index in [1.54, 1.807) is 117 Å². The summed E-state index contributed by atoms with van der Waals surface area (Å²) in [6.45, 7) is 0. The first kappa shape index (κ1) is 29.6. The molecule has 0 atom stereocenters. The van der Waals surface area contributed by atoms with Gasteiger partial charge in [0.05, 0.1) is 113 Å². The van der Waals surface area contributed by atoms with Gasteiger partial charge in [-0.3, -0.25) is 0 Å². The van der Waals surface area contributed by atoms with E-state index in [1.807, 2.05) is 0 Å². The van der Waals surface area contributed by atoms with Gasteiger partial charge >= 0.3 is 0 Å². The topological polar surface area (TPSA) is 19.7 Å². The Bertz CT molecular complexity index is 8770. The lowest BCUT2D eigenvalue weighted by atomic mass is 9.90. The monoisotopic (exact) mass is 1310 g/mol. The normalized spacial score (nSPS) is 17.5. The average Bonchev–Trinajstić information content (AvgIpc) is 1.51. The van der Waals surface area contributed by atoms with Crippen LogP contribution >= 0.6 is 0 Å². The zero-order valence-corrected chi connectivity index (χ0v) is 51.5. The highest BCUT2D eigenvalue weighted by molar-refractivity contribution is 6.15. The Morgan fingerprint density at radius 3 is 0.760 bits per heavy atom. The maximum Gasteiger partial charge on any atom is 0.0645 e. The van der Waals surface area contributed by atoms with Gasteiger partial charge in [0.1, 0.15) is 0 Å². The summed E-state index contributed by atoms with van der Waals surface area (Å²) < 4.78 is 377. The largest absolute Gasteiger partial charge is 0.309 e. The maximum atomic E-state index is 9.28. The minimum absolute atomic E-state index is 0.0480. The quantitative estimate of drug-likeness (QED) is 0.130. The Morgan fingerprint density at radius 1 is 0.170 bits per heavy atom. The fourth-order valence-electron chi connectivity index (χ4n) is 13.4. The number of hydrogen-bond donors (Lipinski definition) is 0. The summed E-state index contributed by atoms with van der Waals surface area (Å²) in [5, 5.41) is 2.44. The third-order valence-corrected chi connectivity index (χ3v) is 17.5. The Hall–Kier alpha value is -13.3. The molecule has 4 aromatic heterocycles. The first-order chi connectivity index (χ1) is 67.1. The highest BCUT2D eigenvalue weighted by Gasteiger charge is 2.25. The minimum atomic E-state index is -0.784. The lowest BCUT2D eigenvalue weighted by molar-refractivity contribution is 1.17. The summed E-state index contributed by atoms with van der Waals surface area (Å²) in [7, 11) is 0. The third-order valence-electron chi connectivity index (χ3n) is 17.5. The summed E-state index contributed by atoms with van der Waals surface area (Å²) in [5.74, 6) is 0. The Kier molecular flexibility index (Phi) is 7.23. The van der Waals surface area contributed by atoms with Crippen LogP contribution in [0.4, 0.5) is 0 Å². The number of nitrogens with zero attached hydrogens (tertiary/aromatic N) is 4. The predicted molar refractivity (Wildman–Crippen MR) is 423 cm³/mol. The van der Waals surface area contributed by atoms with Crippen molar-refractivity contribution in [2.24, 2.45) is 0 Å². The first-order valence-corrected chi connectivity index (χ1v) is 31.0. The van der Waals surface area contributed by atoms with Crippen molar-refractivity contribution in [2.45, 2.75) is 0 Å². The van der Waals surface area contributed by atoms with Gasteiger partial charge in [0.2, 0.25) is 0 Å². The van der Waals surface area contributed by atoms with Crippen LogP contribution in [0, 0.1) is 0 Å². The van der Waals surface area contributed by atoms with Gasteiger partial charge in [0, 0.05) is 76.7 Å². The highest BCUT2D eigenvalue weighted by atomic mass is 15.0. The molecule has 0 fully saturated rings. The van der Waals surface area contributed by atoms with E-state index in [1.165, 1.54) is 34.9 Å². The molecule has 0 bridgehead atoms. The molecule has 4 heterocycles. The summed E-state index contributed by atoms with van der Waals surface area (Å²) in [6.07, 6.45) is 0. The first-order valence-electron chi connectivity index (χ1n) is 52.0. The van der Waals surface area contributed by atoms with Crippen LogP contribution in [-0.4, -0.2) is 18.3 Å². The summed E-state index contributed by atoms with van der Waals surface area (Å²) in [6, 6.07) is 7.88. The molecular formula is C96H64N4. The van der Waals surface area contributed by atoms with E-state index in [-0.39, 0.29) is 101 Å². The molecule has 0 saturated heterocycles. The van der Waals surface area contributed by atoms with Gasteiger partial charge in [0.25, 0.3) is 0 Å². The van der Waals surface area contributed by atoms with Gasteiger partial charge in [-0.2, -0.15) is 0 Å². The van der Waals surface area contributed by atoms with Crippen LogP contribution in [0.15, 0.2) is 387 Å². The lowest BCUT2D eigenvalue weighted by Gasteiger charge is -2.21. The molecule has 100 heavy (non-hydrogen) atoms. The molecule has 16 aromatic carbocycles. The van der Waals surface area contributed by atoms with Gasteiger partial charge in [-0.1, -0.05) is 290 Å². The third kappa shape index (κ3) is 9.76. The van der Waals surface area contributed by atoms with E-state index < -0.39 is 270 Å². The molecule has 0 spiro atoms. The molecule has 0 unspecified atom stereocenters. The lowest BCUT2D eigenvalue weighted by Crippen LogP contribution is -2.02. The standard InChI is InChI=1S/2C48H32N2/c2*1-4-16-33(17-5-1)36-30-41(34-18-6-2-7-19-34)48(42(31-36)35-20-8-3-9-21-35)50-46-27-15-12-24-40(46)43-32-37(28-29-47(43)50)49-44-25-13-10-22-38(44)39-23-11-14-26-45(39)49/h2*1-32H/i1D,2D,3D,4D,5D,6D,7D,8D,9D,10D,11D,13D,14D,16D,17D,18D,19D,20D,21D,22D,23D,25D,26D;1D,2D,3D,4D,5D,6D,7D,8D,9D,10D,13D,16D,17D,18D,19D,20D,21D,22D,25D. The summed E-state index contributed by atoms with van der Waals surface area (Å²) >= 11 is 0. The Balaban J connectivity index is 0.000000181. The van der Waals surface area contributed by atoms with E-state index in [4.69, 9.17) is 46.6 Å². The highest BCUT2D eigenvalue weighted by Crippen LogP contribution is 2.48. The Labute approximate surface area is 638 Å². The SMILES string of the molecule is [2H]c1c([2H])c([2H])c(-c2cc(-c3c([2H])c([2H])c([2H])c([2H])c3[2H])c(-n3c4ccccc4c4cc(-n5c6c([2H])c([2H])c([2H])c([2H])c6c6c([2H])c([2H])c([2H])c([2H])c65)ccc43)c(-c3c([2H])c([2H])c([2H])c([2H])c3[2H])c2)c([2H])c1[2H].[2H]c1c([2H])c([2H])c(-c2cc(-c3c([2H])c([2H])c([2H])c([2H])c3[2H])c(-n3c4ccccc4c4cc(-n5c6ccccc6c6c([2H])c([2H])c([2H])c([2H])c65)ccc43)c(-c3c([2H])c([2H])c([2H])c([2H])c3[2H])c2)c([2H])c1[2H]. The zero-order chi connectivity index (χ0) is 103. The smallest absolute Gasteiger partial charge is 0.0645 e. The molecule has 20 rings (SSSR count). The van der Waals surface area contributed by atoms with E-state index >= 15 is 0 Å². The van der Waals surface area contributed by atoms with Crippen molar-refractivity contribution >= 4 is 87.2 Å². The van der Waals surface area contributed by atoms with Crippen molar-refractivity contribution in [3.8, 4) is 89.5 Å². The van der Waals surface area contributed by atoms with Crippen LogP contribution in [0.5, 0.6) is 0 Å². The van der Waals surface area contributed by atoms with Crippen LogP contribution in [0.2, 0.25) is 0 Å². The number of aromatic nitrogens is 4. The van der Waals surface area contributed by atoms with E-state index in [2.05, 4.69) is 0 Å². The van der Waals surface area contributed by atoms with E-state index in [9.17, 15) is 11.0 Å². The van der Waals surface area contributed by atoms with Crippen molar-refractivity contribution in [1.82, 2.24) is 18.3 Å². The molecule has 0 aliphatic carbocycles. The van der Waals surface area contributed by atoms with Crippen LogP contribution in [0.1, 0.15) is 57.6 Å². The van der Waals surface area contributed by atoms with E-state index in [0.717, 1.165) is 0 Å². The number of benzene rings is 16. The number of rotatable bonds is 10. The zero-order valence-electron chi connectivity index (χ0n) is 93.5. The van der Waals surface area contributed by atoms with Crippen molar-refractivity contribution in [3.63, 3.8) is 0 Å². The van der Waals surface area contributed by atoms with Gasteiger partial charge in [-0.25, -0.2) is 0 Å². The van der Waals surface area contributed by atoms with Crippen LogP contribution in [0.3, 0.4) is 0 Å². The fraction of sp³-hybridized carbons (Fsp3) is 0. The van der Waals surface area contributed by atoms with E-state index in [0.29, 0.717) is 60.1 Å². The molecule has 0 radical (unpaired) electrons. The second kappa shape index (κ2) is 24.4. The van der Waals surface area contributed by atoms with Gasteiger partial charge in [0.15, 0.2) is 0 Å². The predicted octanol–water partition coefficient (Wildman–Crippen LogP) is 25.8. The van der Waals surface area contributed by atoms with Gasteiger partial charge in [-0.05, 0) is 141 Å². The number of para-hydroxylation sites is 6. The molecule has 0 amide bonds. The van der Waals surface area contributed by atoms with Crippen molar-refractivity contribution in [2.75, 3.05) is 0 Å². The molecule has 0 aliphatic rings. The Morgan fingerprint density at radius 2 is 0.420 bits per heavy atom.